The molecule has 9 nitrogen and oxygen atoms in total. The summed E-state index contributed by atoms with van der Waals surface area (Å²) in [6.07, 6.45) is 7.75. The molecule has 0 bridgehead atoms. The highest BCUT2D eigenvalue weighted by Gasteiger charge is 2.15. The summed E-state index contributed by atoms with van der Waals surface area (Å²) in [5.74, 6) is 2.66. The van der Waals surface area contributed by atoms with Crippen molar-refractivity contribution in [3.8, 4) is 34.5 Å². The first kappa shape index (κ1) is 33.2. The Morgan fingerprint density at radius 1 is 0.690 bits per heavy atom. The van der Waals surface area contributed by atoms with Crippen LogP contribution in [0.3, 0.4) is 0 Å². The summed E-state index contributed by atoms with van der Waals surface area (Å²) in [4.78, 5) is 0. The Morgan fingerprint density at radius 3 is 2.10 bits per heavy atom. The van der Waals surface area contributed by atoms with Crippen LogP contribution in [0.2, 0.25) is 0 Å². The molecule has 11 heteroatoms. The second-order valence-corrected chi connectivity index (χ2v) is 11.4. The molecule has 0 fully saturated rings. The molecule has 0 aliphatic rings. The van der Waals surface area contributed by atoms with Crippen molar-refractivity contribution in [1.29, 1.82) is 0 Å². The lowest BCUT2D eigenvalue weighted by Crippen LogP contribution is -2.22. The molecule has 0 heterocycles. The van der Waals surface area contributed by atoms with Gasteiger partial charge >= 0.3 is 11.3 Å². The molecule has 0 aliphatic heterocycles. The first-order valence-electron chi connectivity index (χ1n) is 14.3. The second-order valence-electron chi connectivity index (χ2n) is 9.64. The maximum atomic E-state index is 13.0. The lowest BCUT2D eigenvalue weighted by molar-refractivity contribution is 0.296. The molecule has 42 heavy (non-hydrogen) atoms. The van der Waals surface area contributed by atoms with Crippen molar-refractivity contribution >= 4 is 28.2 Å². The molecular weight excluding hydrogens is 576 g/mol. The average molecular weight is 619 g/mol. The fourth-order valence-corrected chi connectivity index (χ4v) is 5.23. The van der Waals surface area contributed by atoms with Gasteiger partial charge in [0, 0.05) is 12.6 Å². The van der Waals surface area contributed by atoms with Gasteiger partial charge < -0.3 is 22.6 Å². The second kappa shape index (κ2) is 18.3. The van der Waals surface area contributed by atoms with E-state index >= 15 is 0 Å². The van der Waals surface area contributed by atoms with Gasteiger partial charge in [0.2, 0.25) is 0 Å². The van der Waals surface area contributed by atoms with Gasteiger partial charge in [0.15, 0.2) is 23.0 Å². The highest BCUT2D eigenvalue weighted by molar-refractivity contribution is 7.82. The average Bonchev–Trinajstić information content (AvgIpc) is 2.98. The Hall–Kier alpha value is -3.28. The van der Waals surface area contributed by atoms with Crippen LogP contribution in [0.5, 0.6) is 34.5 Å². The van der Waals surface area contributed by atoms with Gasteiger partial charge in [0.1, 0.15) is 11.5 Å². The molecule has 2 unspecified atom stereocenters. The molecule has 2 N–H and O–H groups in total. The van der Waals surface area contributed by atoms with Gasteiger partial charge in [-0.05, 0) is 73.9 Å². The predicted molar refractivity (Wildman–Crippen MR) is 169 cm³/mol. The van der Waals surface area contributed by atoms with Gasteiger partial charge in [-0.2, -0.15) is 8.42 Å². The van der Waals surface area contributed by atoms with Gasteiger partial charge in [-0.3, -0.25) is 4.72 Å². The first-order valence-corrected chi connectivity index (χ1v) is 16.5. The van der Waals surface area contributed by atoms with Crippen molar-refractivity contribution in [2.75, 3.05) is 25.0 Å². The molecule has 230 valence electrons. The molecule has 0 aromatic heterocycles. The smallest absolute Gasteiger partial charge is 0.316 e. The van der Waals surface area contributed by atoms with Crippen LogP contribution in [-0.4, -0.2) is 28.7 Å². The van der Waals surface area contributed by atoms with Crippen molar-refractivity contribution in [3.63, 3.8) is 0 Å². The number of methoxy groups -OCH3 is 1. The summed E-state index contributed by atoms with van der Waals surface area (Å²) in [6.45, 7) is 7.16. The summed E-state index contributed by atoms with van der Waals surface area (Å²) in [6, 6.07) is 17.4. The molecule has 3 aromatic rings. The zero-order chi connectivity index (χ0) is 30.2. The Morgan fingerprint density at radius 2 is 1.36 bits per heavy atom. The number of ether oxygens (including phenoxy) is 3. The third-order valence-corrected chi connectivity index (χ3v) is 7.59. The number of hydrogen-bond acceptors (Lipinski definition) is 7. The van der Waals surface area contributed by atoms with Crippen LogP contribution in [0.15, 0.2) is 60.7 Å². The van der Waals surface area contributed by atoms with Crippen LogP contribution in [0.25, 0.3) is 0 Å². The van der Waals surface area contributed by atoms with Crippen LogP contribution >= 0.6 is 0 Å². The Labute approximate surface area is 254 Å². The lowest BCUT2D eigenvalue weighted by Gasteiger charge is -2.15. The Bertz CT molecular complexity index is 1290. The molecule has 3 rings (SSSR count). The van der Waals surface area contributed by atoms with E-state index < -0.39 is 22.5 Å². The number of hydrogen-bond donors (Lipinski definition) is 2. The van der Waals surface area contributed by atoms with E-state index in [1.165, 1.54) is 25.7 Å². The van der Waals surface area contributed by atoms with E-state index in [0.29, 0.717) is 47.6 Å². The quantitative estimate of drug-likeness (QED) is 0.126. The molecule has 0 radical (unpaired) electrons. The highest BCUT2D eigenvalue weighted by atomic mass is 32.2. The van der Waals surface area contributed by atoms with Gasteiger partial charge in [0.25, 0.3) is 11.3 Å². The third kappa shape index (κ3) is 11.5. The van der Waals surface area contributed by atoms with E-state index in [1.54, 1.807) is 55.6 Å². The molecule has 2 atom stereocenters. The summed E-state index contributed by atoms with van der Waals surface area (Å²) >= 11 is -3.77. The van der Waals surface area contributed by atoms with E-state index in [4.69, 9.17) is 22.6 Å². The normalized spacial score (nSPS) is 12.3. The maximum absolute atomic E-state index is 13.0. The lowest BCUT2D eigenvalue weighted by atomic mass is 10.1. The van der Waals surface area contributed by atoms with E-state index in [1.807, 2.05) is 26.0 Å². The van der Waals surface area contributed by atoms with Crippen molar-refractivity contribution in [1.82, 2.24) is 4.72 Å². The van der Waals surface area contributed by atoms with E-state index in [-0.39, 0.29) is 5.75 Å². The van der Waals surface area contributed by atoms with Gasteiger partial charge in [-0.1, -0.05) is 52.0 Å². The number of benzene rings is 3. The topological polar surface area (TPSA) is 104 Å². The van der Waals surface area contributed by atoms with Gasteiger partial charge in [0.05, 0.1) is 19.4 Å². The molecule has 0 saturated heterocycles. The number of nitrogens with one attached hydrogen (secondary N) is 2. The Kier molecular flexibility index (Phi) is 14.5. The van der Waals surface area contributed by atoms with Crippen molar-refractivity contribution in [3.05, 3.63) is 66.2 Å². The summed E-state index contributed by atoms with van der Waals surface area (Å²) < 4.78 is 59.6. The van der Waals surface area contributed by atoms with Gasteiger partial charge in [-0.25, -0.2) is 4.72 Å². The number of unbranched alkanes of at least 4 members (excludes halogenated alkanes) is 5. The van der Waals surface area contributed by atoms with Crippen LogP contribution < -0.4 is 32.0 Å². The molecule has 0 spiro atoms. The van der Waals surface area contributed by atoms with Crippen molar-refractivity contribution in [2.45, 2.75) is 65.7 Å². The number of aryl methyl sites for hydroxylation is 1. The molecule has 0 aliphatic carbocycles. The van der Waals surface area contributed by atoms with Crippen molar-refractivity contribution < 1.29 is 31.0 Å². The van der Waals surface area contributed by atoms with Crippen LogP contribution in [0.1, 0.15) is 64.4 Å². The fourth-order valence-electron chi connectivity index (χ4n) is 3.85. The first-order chi connectivity index (χ1) is 20.4. The predicted octanol–water partition coefficient (Wildman–Crippen LogP) is 7.56. The van der Waals surface area contributed by atoms with Crippen LogP contribution in [-0.2, 0) is 22.5 Å². The van der Waals surface area contributed by atoms with Crippen molar-refractivity contribution in [2.24, 2.45) is 0 Å². The SMILES string of the molecule is CCCCCCCCOc1ccc(C)cc1OS(=O)Nc1ccc(Oc2ccc(OC)cc2)c(OS(=O)NCCC)c1. The summed E-state index contributed by atoms with van der Waals surface area (Å²) in [7, 11) is 1.59. The van der Waals surface area contributed by atoms with Crippen LogP contribution in [0.4, 0.5) is 5.69 Å². The largest absolute Gasteiger partial charge is 0.497 e. The minimum atomic E-state index is -1.96. The monoisotopic (exact) mass is 618 g/mol. The van der Waals surface area contributed by atoms with E-state index in [9.17, 15) is 8.42 Å². The molecular formula is C31H42N2O7S2. The molecule has 0 amide bonds. The Balaban J connectivity index is 1.68. The number of rotatable bonds is 20. The minimum Gasteiger partial charge on any atom is -0.497 e. The van der Waals surface area contributed by atoms with Gasteiger partial charge in [-0.15, -0.1) is 0 Å². The third-order valence-electron chi connectivity index (χ3n) is 6.09. The molecule has 3 aromatic carbocycles. The molecule has 0 saturated carbocycles. The minimum absolute atomic E-state index is 0.188. The zero-order valence-electron chi connectivity index (χ0n) is 24.8. The summed E-state index contributed by atoms with van der Waals surface area (Å²) in [5, 5.41) is 0. The fraction of sp³-hybridized carbons (Fsp3) is 0.419. The zero-order valence-corrected chi connectivity index (χ0v) is 26.4. The summed E-state index contributed by atoms with van der Waals surface area (Å²) in [5.41, 5.74) is 1.37. The van der Waals surface area contributed by atoms with E-state index in [0.717, 1.165) is 24.8 Å². The van der Waals surface area contributed by atoms with Crippen LogP contribution in [0, 0.1) is 6.92 Å². The highest BCUT2D eigenvalue weighted by Crippen LogP contribution is 2.36. The van der Waals surface area contributed by atoms with E-state index in [2.05, 4.69) is 16.4 Å². The maximum Gasteiger partial charge on any atom is 0.316 e. The standard InChI is InChI=1S/C31H42N2O7S2/c1-5-7-8-9-10-11-21-37-28-18-12-24(3)22-30(28)40-42(35)33-25-13-19-29(31(23-25)39-41(34)32-20-6-2)38-27-16-14-26(36-4)15-17-27/h12-19,22-23,32-33H,5-11,20-21H2,1-4H3. The number of anilines is 1.